The SMILES string of the molecule is Cc1ccc(-c2ccc3c(c2)c(=O)c2cc4c(=O)c5cc(-c6ccc(C)cc6)ccc5c4cc23)cc1. The van der Waals surface area contributed by atoms with Crippen LogP contribution in [0.25, 0.3) is 65.3 Å². The minimum absolute atomic E-state index is 0.0131. The van der Waals surface area contributed by atoms with E-state index >= 15 is 0 Å². The van der Waals surface area contributed by atoms with E-state index in [9.17, 15) is 9.59 Å². The van der Waals surface area contributed by atoms with Crippen molar-refractivity contribution in [2.75, 3.05) is 0 Å². The van der Waals surface area contributed by atoms with Gasteiger partial charge in [0, 0.05) is 21.5 Å². The summed E-state index contributed by atoms with van der Waals surface area (Å²) < 4.78 is 0. The molecule has 0 heterocycles. The van der Waals surface area contributed by atoms with E-state index in [-0.39, 0.29) is 10.9 Å². The lowest BCUT2D eigenvalue weighted by molar-refractivity contribution is 1.47. The first-order chi connectivity index (χ1) is 17.5. The Labute approximate surface area is 207 Å². The van der Waals surface area contributed by atoms with E-state index in [2.05, 4.69) is 74.5 Å². The van der Waals surface area contributed by atoms with Gasteiger partial charge in [0.1, 0.15) is 0 Å². The molecule has 0 aliphatic carbocycles. The maximum absolute atomic E-state index is 13.5. The van der Waals surface area contributed by atoms with Crippen LogP contribution < -0.4 is 10.9 Å². The summed E-state index contributed by atoms with van der Waals surface area (Å²) in [4.78, 5) is 26.9. The fourth-order valence-electron chi connectivity index (χ4n) is 5.50. The van der Waals surface area contributed by atoms with Crippen LogP contribution in [0.1, 0.15) is 11.1 Å². The van der Waals surface area contributed by atoms with E-state index < -0.39 is 0 Å². The number of benzene rings is 5. The van der Waals surface area contributed by atoms with Crippen molar-refractivity contribution in [3.8, 4) is 22.3 Å². The summed E-state index contributed by atoms with van der Waals surface area (Å²) >= 11 is 0. The monoisotopic (exact) mass is 462 g/mol. The van der Waals surface area contributed by atoms with Crippen LogP contribution in [0.2, 0.25) is 0 Å². The van der Waals surface area contributed by atoms with Gasteiger partial charge in [0.05, 0.1) is 0 Å². The first-order valence-electron chi connectivity index (χ1n) is 12.2. The highest BCUT2D eigenvalue weighted by Gasteiger charge is 2.17. The Balaban J connectivity index is 1.45. The number of rotatable bonds is 2. The molecule has 2 heteroatoms. The van der Waals surface area contributed by atoms with Crippen molar-refractivity contribution in [3.63, 3.8) is 0 Å². The first kappa shape index (κ1) is 20.8. The molecule has 0 aliphatic rings. The number of hydrogen-bond acceptors (Lipinski definition) is 2. The first-order valence-corrected chi connectivity index (χ1v) is 12.2. The third-order valence-electron chi connectivity index (χ3n) is 7.53. The lowest BCUT2D eigenvalue weighted by Gasteiger charge is -2.03. The lowest BCUT2D eigenvalue weighted by Crippen LogP contribution is -1.97. The predicted octanol–water partition coefficient (Wildman–Crippen LogP) is 7.85. The van der Waals surface area contributed by atoms with E-state index in [0.717, 1.165) is 43.8 Å². The average molecular weight is 463 g/mol. The Kier molecular flexibility index (Phi) is 4.31. The van der Waals surface area contributed by atoms with E-state index in [4.69, 9.17) is 0 Å². The van der Waals surface area contributed by atoms with Crippen molar-refractivity contribution in [2.45, 2.75) is 13.8 Å². The molecule has 7 rings (SSSR count). The molecule has 0 aliphatic heterocycles. The zero-order valence-electron chi connectivity index (χ0n) is 20.1. The molecule has 0 spiro atoms. The highest BCUT2D eigenvalue weighted by atomic mass is 16.1. The molecule has 0 amide bonds. The molecule has 0 fully saturated rings. The molecule has 0 N–H and O–H groups in total. The van der Waals surface area contributed by atoms with Crippen LogP contribution in [-0.2, 0) is 0 Å². The van der Waals surface area contributed by atoms with Gasteiger partial charge in [-0.1, -0.05) is 83.9 Å². The fraction of sp³-hybridized carbons (Fsp3) is 0.0588. The minimum atomic E-state index is -0.0131. The summed E-state index contributed by atoms with van der Waals surface area (Å²) in [6.45, 7) is 4.13. The maximum atomic E-state index is 13.5. The molecule has 0 bridgehead atoms. The second-order valence-electron chi connectivity index (χ2n) is 9.85. The fourth-order valence-corrected chi connectivity index (χ4v) is 5.50. The van der Waals surface area contributed by atoms with Crippen molar-refractivity contribution in [1.82, 2.24) is 0 Å². The van der Waals surface area contributed by atoms with Crippen LogP contribution in [-0.4, -0.2) is 0 Å². The molecule has 0 saturated heterocycles. The molecular weight excluding hydrogens is 440 g/mol. The number of hydrogen-bond donors (Lipinski definition) is 0. The molecule has 0 saturated carbocycles. The van der Waals surface area contributed by atoms with Gasteiger partial charge in [-0.2, -0.15) is 0 Å². The molecule has 0 atom stereocenters. The summed E-state index contributed by atoms with van der Waals surface area (Å²) in [7, 11) is 0. The van der Waals surface area contributed by atoms with Crippen LogP contribution in [0, 0.1) is 13.8 Å². The minimum Gasteiger partial charge on any atom is -0.289 e. The quantitative estimate of drug-likeness (QED) is 0.262. The van der Waals surface area contributed by atoms with Crippen molar-refractivity contribution in [2.24, 2.45) is 0 Å². The van der Waals surface area contributed by atoms with E-state index in [1.807, 2.05) is 36.4 Å². The number of fused-ring (bicyclic) bond motifs is 6. The third-order valence-corrected chi connectivity index (χ3v) is 7.53. The van der Waals surface area contributed by atoms with E-state index in [0.29, 0.717) is 21.5 Å². The standard InChI is InChI=1S/C34H22O2/c1-19-3-7-21(8-4-19)23-11-13-25-27-17-28-26-14-12-24(22-9-5-20(2)6-10-22)16-30(26)34(36)32(28)18-31(27)33(35)29(25)15-23/h3-18H,1-2H3. The summed E-state index contributed by atoms with van der Waals surface area (Å²) in [6, 6.07) is 32.7. The highest BCUT2D eigenvalue weighted by molar-refractivity contribution is 6.22. The molecule has 7 aromatic rings. The van der Waals surface area contributed by atoms with Gasteiger partial charge in [-0.3, -0.25) is 9.59 Å². The van der Waals surface area contributed by atoms with Crippen LogP contribution in [0.4, 0.5) is 0 Å². The Morgan fingerprint density at radius 3 is 1.08 bits per heavy atom. The van der Waals surface area contributed by atoms with Gasteiger partial charge >= 0.3 is 0 Å². The van der Waals surface area contributed by atoms with Gasteiger partial charge in [0.25, 0.3) is 0 Å². The van der Waals surface area contributed by atoms with Crippen molar-refractivity contribution in [3.05, 3.63) is 129 Å². The lowest BCUT2D eigenvalue weighted by atomic mass is 10.0. The Morgan fingerprint density at radius 1 is 0.333 bits per heavy atom. The van der Waals surface area contributed by atoms with Crippen LogP contribution in [0.15, 0.2) is 107 Å². The Hall–Kier alpha value is -4.56. The summed E-state index contributed by atoms with van der Waals surface area (Å²) in [5, 5.41) is 6.33. The predicted molar refractivity (Wildman–Crippen MR) is 152 cm³/mol. The molecule has 36 heavy (non-hydrogen) atoms. The van der Waals surface area contributed by atoms with Crippen LogP contribution >= 0.6 is 0 Å². The largest absolute Gasteiger partial charge is 0.289 e. The van der Waals surface area contributed by atoms with E-state index in [1.165, 1.54) is 11.1 Å². The van der Waals surface area contributed by atoms with Gasteiger partial charge in [0.15, 0.2) is 10.9 Å². The summed E-state index contributed by atoms with van der Waals surface area (Å²) in [6.07, 6.45) is 0. The topological polar surface area (TPSA) is 34.1 Å². The van der Waals surface area contributed by atoms with Gasteiger partial charge in [0.2, 0.25) is 0 Å². The smallest absolute Gasteiger partial charge is 0.194 e. The molecular formula is C34H22O2. The molecule has 2 nitrogen and oxygen atoms in total. The maximum Gasteiger partial charge on any atom is 0.194 e. The van der Waals surface area contributed by atoms with Gasteiger partial charge in [-0.15, -0.1) is 0 Å². The second-order valence-corrected chi connectivity index (χ2v) is 9.85. The average Bonchev–Trinajstić information content (AvgIpc) is 3.34. The zero-order chi connectivity index (χ0) is 24.6. The van der Waals surface area contributed by atoms with Gasteiger partial charge in [-0.25, -0.2) is 0 Å². The Bertz CT molecular complexity index is 1920. The van der Waals surface area contributed by atoms with Crippen LogP contribution in [0.3, 0.4) is 0 Å². The van der Waals surface area contributed by atoms with Gasteiger partial charge in [-0.05, 0) is 81.9 Å². The molecule has 0 radical (unpaired) electrons. The second kappa shape index (κ2) is 7.47. The van der Waals surface area contributed by atoms with Crippen molar-refractivity contribution < 1.29 is 0 Å². The molecule has 170 valence electrons. The normalized spacial score (nSPS) is 11.8. The molecule has 0 aromatic heterocycles. The van der Waals surface area contributed by atoms with Crippen molar-refractivity contribution >= 4 is 43.1 Å². The third kappa shape index (κ3) is 2.98. The highest BCUT2D eigenvalue weighted by Crippen LogP contribution is 2.35. The summed E-state index contributed by atoms with van der Waals surface area (Å²) in [5.74, 6) is 0. The molecule has 7 aromatic carbocycles. The Morgan fingerprint density at radius 2 is 0.667 bits per heavy atom. The van der Waals surface area contributed by atoms with Crippen molar-refractivity contribution in [1.29, 1.82) is 0 Å². The molecule has 0 unspecified atom stereocenters. The zero-order valence-corrected chi connectivity index (χ0v) is 20.1. The van der Waals surface area contributed by atoms with Gasteiger partial charge < -0.3 is 0 Å². The van der Waals surface area contributed by atoms with E-state index in [1.54, 1.807) is 0 Å². The van der Waals surface area contributed by atoms with Crippen LogP contribution in [0.5, 0.6) is 0 Å². The summed E-state index contributed by atoms with van der Waals surface area (Å²) in [5.41, 5.74) is 6.59. The number of aryl methyl sites for hydroxylation is 2.